The number of nitrogens with one attached hydrogen (secondary N) is 2. The Hall–Kier alpha value is -2.50. The average molecular weight is 308 g/mol. The lowest BCUT2D eigenvalue weighted by atomic mass is 10.2. The second kappa shape index (κ2) is 6.51. The number of hydrogen-bond acceptors (Lipinski definition) is 2. The number of carbonyl (C=O) groups excluding carboxylic acids is 1. The van der Waals surface area contributed by atoms with Gasteiger partial charge in [0.15, 0.2) is 0 Å². The Kier molecular flexibility index (Phi) is 4.70. The summed E-state index contributed by atoms with van der Waals surface area (Å²) in [5, 5.41) is 5.52. The van der Waals surface area contributed by atoms with Crippen LogP contribution in [0.5, 0.6) is 0 Å². The van der Waals surface area contributed by atoms with Gasteiger partial charge in [0.2, 0.25) is 5.91 Å². The predicted molar refractivity (Wildman–Crippen MR) is 79.7 cm³/mol. The van der Waals surface area contributed by atoms with Gasteiger partial charge in [-0.3, -0.25) is 4.79 Å². The summed E-state index contributed by atoms with van der Waals surface area (Å²) in [4.78, 5) is 11.8. The molecule has 0 saturated carbocycles. The molecule has 2 aromatic rings. The normalized spacial score (nSPS) is 11.1. The van der Waals surface area contributed by atoms with Crippen molar-refractivity contribution < 1.29 is 18.0 Å². The Labute approximate surface area is 126 Å². The Morgan fingerprint density at radius 1 is 1.05 bits per heavy atom. The standard InChI is InChI=1S/C16H15F3N2O/c1-11-4-2-3-5-14(11)20-10-15(22)21-13-8-6-12(7-9-13)16(17,18)19/h2-9,20H,10H2,1H3,(H,21,22). The number of alkyl halides is 3. The predicted octanol–water partition coefficient (Wildman–Crippen LogP) is 4.06. The van der Waals surface area contributed by atoms with Gasteiger partial charge in [-0.25, -0.2) is 0 Å². The van der Waals surface area contributed by atoms with Crippen LogP contribution in [-0.4, -0.2) is 12.5 Å². The van der Waals surface area contributed by atoms with Gasteiger partial charge < -0.3 is 10.6 Å². The van der Waals surface area contributed by atoms with Crippen molar-refractivity contribution in [3.8, 4) is 0 Å². The molecule has 0 spiro atoms. The fourth-order valence-electron chi connectivity index (χ4n) is 1.89. The molecule has 0 saturated heterocycles. The molecule has 0 aromatic heterocycles. The van der Waals surface area contributed by atoms with Gasteiger partial charge in [0.25, 0.3) is 0 Å². The van der Waals surface area contributed by atoms with Crippen LogP contribution in [-0.2, 0) is 11.0 Å². The van der Waals surface area contributed by atoms with Crippen LogP contribution in [0.15, 0.2) is 48.5 Å². The highest BCUT2D eigenvalue weighted by atomic mass is 19.4. The summed E-state index contributed by atoms with van der Waals surface area (Å²) >= 11 is 0. The van der Waals surface area contributed by atoms with E-state index in [2.05, 4.69) is 10.6 Å². The van der Waals surface area contributed by atoms with E-state index in [9.17, 15) is 18.0 Å². The summed E-state index contributed by atoms with van der Waals surface area (Å²) in [6.07, 6.45) is -4.38. The van der Waals surface area contributed by atoms with Crippen LogP contribution < -0.4 is 10.6 Å². The summed E-state index contributed by atoms with van der Waals surface area (Å²) in [6, 6.07) is 11.8. The highest BCUT2D eigenvalue weighted by Crippen LogP contribution is 2.29. The number of para-hydroxylation sites is 1. The van der Waals surface area contributed by atoms with Crippen molar-refractivity contribution in [3.63, 3.8) is 0 Å². The zero-order chi connectivity index (χ0) is 16.2. The van der Waals surface area contributed by atoms with Crippen LogP contribution in [0.2, 0.25) is 0 Å². The molecule has 3 nitrogen and oxygen atoms in total. The first kappa shape index (κ1) is 15.9. The van der Waals surface area contributed by atoms with Crippen molar-refractivity contribution in [1.82, 2.24) is 0 Å². The lowest BCUT2D eigenvalue weighted by Gasteiger charge is -2.11. The number of rotatable bonds is 4. The maximum absolute atomic E-state index is 12.4. The van der Waals surface area contributed by atoms with Crippen LogP contribution in [0.4, 0.5) is 24.5 Å². The fourth-order valence-corrected chi connectivity index (χ4v) is 1.89. The van der Waals surface area contributed by atoms with E-state index >= 15 is 0 Å². The third-order valence-electron chi connectivity index (χ3n) is 3.08. The number of aryl methyl sites for hydroxylation is 1. The Morgan fingerprint density at radius 2 is 1.68 bits per heavy atom. The molecule has 0 aliphatic carbocycles. The Bertz CT molecular complexity index is 651. The lowest BCUT2D eigenvalue weighted by molar-refractivity contribution is -0.137. The molecule has 0 unspecified atom stereocenters. The second-order valence-electron chi connectivity index (χ2n) is 4.79. The Balaban J connectivity index is 1.91. The largest absolute Gasteiger partial charge is 0.416 e. The molecule has 116 valence electrons. The minimum atomic E-state index is -4.38. The van der Waals surface area contributed by atoms with Crippen LogP contribution >= 0.6 is 0 Å². The molecule has 1 amide bonds. The molecule has 0 fully saturated rings. The van der Waals surface area contributed by atoms with E-state index < -0.39 is 11.7 Å². The Morgan fingerprint density at radius 3 is 2.27 bits per heavy atom. The summed E-state index contributed by atoms with van der Waals surface area (Å²) in [7, 11) is 0. The van der Waals surface area contributed by atoms with Crippen molar-refractivity contribution in [3.05, 3.63) is 59.7 Å². The van der Waals surface area contributed by atoms with Crippen molar-refractivity contribution >= 4 is 17.3 Å². The van der Waals surface area contributed by atoms with E-state index in [0.29, 0.717) is 5.69 Å². The molecule has 0 aliphatic rings. The van der Waals surface area contributed by atoms with E-state index in [1.807, 2.05) is 31.2 Å². The summed E-state index contributed by atoms with van der Waals surface area (Å²) in [5.41, 5.74) is 1.42. The molecule has 0 bridgehead atoms. The zero-order valence-corrected chi connectivity index (χ0v) is 11.9. The van der Waals surface area contributed by atoms with Gasteiger partial charge in [-0.05, 0) is 42.8 Å². The molecule has 0 radical (unpaired) electrons. The highest BCUT2D eigenvalue weighted by Gasteiger charge is 2.29. The van der Waals surface area contributed by atoms with Crippen LogP contribution in [0.3, 0.4) is 0 Å². The minimum Gasteiger partial charge on any atom is -0.376 e. The SMILES string of the molecule is Cc1ccccc1NCC(=O)Nc1ccc(C(F)(F)F)cc1. The second-order valence-corrected chi connectivity index (χ2v) is 4.79. The maximum Gasteiger partial charge on any atom is 0.416 e. The van der Waals surface area contributed by atoms with Crippen LogP contribution in [0.1, 0.15) is 11.1 Å². The maximum atomic E-state index is 12.4. The molecule has 6 heteroatoms. The van der Waals surface area contributed by atoms with E-state index in [0.717, 1.165) is 23.4 Å². The van der Waals surface area contributed by atoms with Crippen molar-refractivity contribution in [2.24, 2.45) is 0 Å². The first-order valence-electron chi connectivity index (χ1n) is 6.63. The molecular formula is C16H15F3N2O. The molecule has 0 heterocycles. The summed E-state index contributed by atoms with van der Waals surface area (Å²) in [6.45, 7) is 1.95. The van der Waals surface area contributed by atoms with Gasteiger partial charge in [0.05, 0.1) is 12.1 Å². The number of halogens is 3. The van der Waals surface area contributed by atoms with E-state index in [4.69, 9.17) is 0 Å². The van der Waals surface area contributed by atoms with Gasteiger partial charge in [0.1, 0.15) is 0 Å². The van der Waals surface area contributed by atoms with Gasteiger partial charge in [-0.1, -0.05) is 18.2 Å². The number of anilines is 2. The smallest absolute Gasteiger partial charge is 0.376 e. The number of carbonyl (C=O) groups is 1. The number of hydrogen-bond donors (Lipinski definition) is 2. The number of amides is 1. The lowest BCUT2D eigenvalue weighted by Crippen LogP contribution is -2.22. The average Bonchev–Trinajstić information content (AvgIpc) is 2.46. The molecule has 22 heavy (non-hydrogen) atoms. The van der Waals surface area contributed by atoms with Crippen molar-refractivity contribution in [1.29, 1.82) is 0 Å². The van der Waals surface area contributed by atoms with Crippen LogP contribution in [0, 0.1) is 6.92 Å². The monoisotopic (exact) mass is 308 g/mol. The third kappa shape index (κ3) is 4.25. The van der Waals surface area contributed by atoms with Gasteiger partial charge in [0, 0.05) is 11.4 Å². The van der Waals surface area contributed by atoms with E-state index in [1.54, 1.807) is 0 Å². The van der Waals surface area contributed by atoms with E-state index in [-0.39, 0.29) is 12.5 Å². The third-order valence-corrected chi connectivity index (χ3v) is 3.08. The molecule has 2 N–H and O–H groups in total. The van der Waals surface area contributed by atoms with Crippen LogP contribution in [0.25, 0.3) is 0 Å². The first-order chi connectivity index (χ1) is 10.4. The zero-order valence-electron chi connectivity index (χ0n) is 11.9. The first-order valence-corrected chi connectivity index (χ1v) is 6.63. The molecular weight excluding hydrogens is 293 g/mol. The highest BCUT2D eigenvalue weighted by molar-refractivity contribution is 5.93. The van der Waals surface area contributed by atoms with Gasteiger partial charge in [-0.2, -0.15) is 13.2 Å². The quantitative estimate of drug-likeness (QED) is 0.894. The molecule has 0 aliphatic heterocycles. The topological polar surface area (TPSA) is 41.1 Å². The number of benzene rings is 2. The van der Waals surface area contributed by atoms with Gasteiger partial charge >= 0.3 is 6.18 Å². The molecule has 2 rings (SSSR count). The molecule has 0 atom stereocenters. The van der Waals surface area contributed by atoms with Crippen molar-refractivity contribution in [2.45, 2.75) is 13.1 Å². The fraction of sp³-hybridized carbons (Fsp3) is 0.188. The summed E-state index contributed by atoms with van der Waals surface area (Å²) < 4.78 is 37.3. The summed E-state index contributed by atoms with van der Waals surface area (Å²) in [5.74, 6) is -0.331. The van der Waals surface area contributed by atoms with E-state index in [1.165, 1.54) is 12.1 Å². The molecule has 2 aromatic carbocycles. The van der Waals surface area contributed by atoms with Crippen molar-refractivity contribution in [2.75, 3.05) is 17.2 Å². The van der Waals surface area contributed by atoms with Gasteiger partial charge in [-0.15, -0.1) is 0 Å². The minimum absolute atomic E-state index is 0.0336.